The molecule has 2 rings (SSSR count). The van der Waals surface area contributed by atoms with Crippen LogP contribution in [0.5, 0.6) is 0 Å². The molecule has 3 N–H and O–H groups in total. The maximum absolute atomic E-state index is 11.8. The van der Waals surface area contributed by atoms with Crippen molar-refractivity contribution in [2.45, 2.75) is 49.2 Å². The van der Waals surface area contributed by atoms with Crippen LogP contribution in [0, 0.1) is 5.92 Å². The largest absolute Gasteiger partial charge is 0.356 e. The average Bonchev–Trinajstić information content (AvgIpc) is 2.88. The number of nitrogens with one attached hydrogen (secondary N) is 1. The highest BCUT2D eigenvalue weighted by Gasteiger charge is 2.15. The van der Waals surface area contributed by atoms with Gasteiger partial charge in [-0.15, -0.1) is 11.3 Å². The first-order chi connectivity index (χ1) is 9.95. The van der Waals surface area contributed by atoms with E-state index < -0.39 is 10.0 Å². The Hall–Kier alpha value is -0.920. The number of primary sulfonamides is 1. The average molecular weight is 330 g/mol. The van der Waals surface area contributed by atoms with Gasteiger partial charge in [0.1, 0.15) is 4.21 Å². The molecular weight excluding hydrogens is 308 g/mol. The molecule has 118 valence electrons. The second kappa shape index (κ2) is 7.38. The van der Waals surface area contributed by atoms with E-state index in [-0.39, 0.29) is 16.5 Å². The molecule has 0 aliphatic heterocycles. The second-order valence-electron chi connectivity index (χ2n) is 5.59. The minimum absolute atomic E-state index is 0.0615. The summed E-state index contributed by atoms with van der Waals surface area (Å²) >= 11 is 1.06. The topological polar surface area (TPSA) is 89.3 Å². The van der Waals surface area contributed by atoms with E-state index in [9.17, 15) is 13.2 Å². The van der Waals surface area contributed by atoms with Crippen molar-refractivity contribution in [3.05, 3.63) is 17.0 Å². The molecule has 0 spiro atoms. The predicted molar refractivity (Wildman–Crippen MR) is 83.6 cm³/mol. The van der Waals surface area contributed by atoms with Gasteiger partial charge in [0.2, 0.25) is 15.9 Å². The summed E-state index contributed by atoms with van der Waals surface area (Å²) in [6, 6.07) is 3.09. The molecule has 7 heteroatoms. The molecule has 21 heavy (non-hydrogen) atoms. The van der Waals surface area contributed by atoms with Crippen molar-refractivity contribution in [1.29, 1.82) is 0 Å². The molecular formula is C14H22N2O3S2. The Morgan fingerprint density at radius 1 is 1.29 bits per heavy atom. The van der Waals surface area contributed by atoms with E-state index in [0.717, 1.165) is 23.7 Å². The Morgan fingerprint density at radius 3 is 2.62 bits per heavy atom. The van der Waals surface area contributed by atoms with E-state index in [1.54, 1.807) is 6.07 Å². The number of sulfonamides is 1. The first kappa shape index (κ1) is 16.5. The number of hydrogen-bond donors (Lipinski definition) is 2. The maximum atomic E-state index is 11.8. The molecule has 1 amide bonds. The Balaban J connectivity index is 1.73. The number of hydrogen-bond acceptors (Lipinski definition) is 4. The Bertz CT molecular complexity index is 575. The highest BCUT2D eigenvalue weighted by Crippen LogP contribution is 2.25. The van der Waals surface area contributed by atoms with Crippen LogP contribution in [0.3, 0.4) is 0 Å². The van der Waals surface area contributed by atoms with Crippen molar-refractivity contribution in [3.63, 3.8) is 0 Å². The lowest BCUT2D eigenvalue weighted by Crippen LogP contribution is -2.27. The van der Waals surface area contributed by atoms with Crippen molar-refractivity contribution in [2.24, 2.45) is 11.1 Å². The van der Waals surface area contributed by atoms with Crippen molar-refractivity contribution < 1.29 is 13.2 Å². The first-order valence-corrected chi connectivity index (χ1v) is 9.69. The molecule has 1 aromatic heterocycles. The summed E-state index contributed by atoms with van der Waals surface area (Å²) in [6.07, 6.45) is 7.77. The van der Waals surface area contributed by atoms with Crippen molar-refractivity contribution in [2.75, 3.05) is 6.54 Å². The van der Waals surface area contributed by atoms with Gasteiger partial charge in [-0.3, -0.25) is 4.79 Å². The van der Waals surface area contributed by atoms with Crippen LogP contribution in [-0.4, -0.2) is 20.9 Å². The van der Waals surface area contributed by atoms with Gasteiger partial charge in [-0.05, 0) is 24.5 Å². The zero-order chi connectivity index (χ0) is 15.3. The number of carbonyl (C=O) groups excluding carboxylic acids is 1. The summed E-state index contributed by atoms with van der Waals surface area (Å²) in [5.74, 6) is 0.684. The first-order valence-electron chi connectivity index (χ1n) is 7.33. The zero-order valence-electron chi connectivity index (χ0n) is 12.0. The minimum atomic E-state index is -3.66. The van der Waals surface area contributed by atoms with Crippen LogP contribution in [-0.2, 0) is 21.2 Å². The number of thiophene rings is 1. The van der Waals surface area contributed by atoms with Gasteiger partial charge < -0.3 is 5.32 Å². The van der Waals surface area contributed by atoms with Crippen molar-refractivity contribution in [3.8, 4) is 0 Å². The third-order valence-corrected chi connectivity index (χ3v) is 6.38. The quantitative estimate of drug-likeness (QED) is 0.836. The molecule has 0 saturated heterocycles. The van der Waals surface area contributed by atoms with Crippen LogP contribution >= 0.6 is 11.3 Å². The van der Waals surface area contributed by atoms with Crippen LogP contribution in [0.1, 0.15) is 43.4 Å². The molecule has 0 bridgehead atoms. The van der Waals surface area contributed by atoms with Crippen LogP contribution in [0.2, 0.25) is 0 Å². The fraction of sp³-hybridized carbons (Fsp3) is 0.643. The van der Waals surface area contributed by atoms with Gasteiger partial charge in [0.05, 0.1) is 6.42 Å². The molecule has 5 nitrogen and oxygen atoms in total. The molecule has 1 aromatic rings. The number of nitrogens with two attached hydrogens (primary N) is 1. The van der Waals surface area contributed by atoms with Gasteiger partial charge in [-0.2, -0.15) is 0 Å². The van der Waals surface area contributed by atoms with Gasteiger partial charge in [-0.25, -0.2) is 13.6 Å². The van der Waals surface area contributed by atoms with Crippen LogP contribution in [0.15, 0.2) is 16.3 Å². The molecule has 1 aliphatic carbocycles. The third-order valence-electron chi connectivity index (χ3n) is 3.85. The monoisotopic (exact) mass is 330 g/mol. The molecule has 0 aromatic carbocycles. The lowest BCUT2D eigenvalue weighted by molar-refractivity contribution is -0.120. The van der Waals surface area contributed by atoms with E-state index in [4.69, 9.17) is 5.14 Å². The smallest absolute Gasteiger partial charge is 0.247 e. The van der Waals surface area contributed by atoms with Crippen molar-refractivity contribution in [1.82, 2.24) is 5.32 Å². The zero-order valence-corrected chi connectivity index (χ0v) is 13.6. The SMILES string of the molecule is NS(=O)(=O)c1ccc(CC(=O)NCCC2CCCCC2)s1. The Kier molecular flexibility index (Phi) is 5.78. The summed E-state index contributed by atoms with van der Waals surface area (Å²) in [5.41, 5.74) is 0. The highest BCUT2D eigenvalue weighted by molar-refractivity contribution is 7.91. The van der Waals surface area contributed by atoms with Crippen LogP contribution in [0.4, 0.5) is 0 Å². The van der Waals surface area contributed by atoms with Gasteiger partial charge in [0.15, 0.2) is 0 Å². The van der Waals surface area contributed by atoms with Gasteiger partial charge in [-0.1, -0.05) is 32.1 Å². The normalized spacial score (nSPS) is 16.8. The van der Waals surface area contributed by atoms with E-state index in [1.807, 2.05) is 0 Å². The molecule has 1 aliphatic rings. The Labute approximate surface area is 130 Å². The summed E-state index contributed by atoms with van der Waals surface area (Å²) in [7, 11) is -3.66. The fourth-order valence-corrected chi connectivity index (χ4v) is 4.50. The van der Waals surface area contributed by atoms with Crippen LogP contribution < -0.4 is 10.5 Å². The molecule has 1 fully saturated rings. The fourth-order valence-electron chi connectivity index (χ4n) is 2.72. The van der Waals surface area contributed by atoms with E-state index in [0.29, 0.717) is 11.4 Å². The highest BCUT2D eigenvalue weighted by atomic mass is 32.2. The number of rotatable bonds is 6. The standard InChI is InChI=1S/C14H22N2O3S2/c15-21(18,19)14-7-6-12(20-14)10-13(17)16-9-8-11-4-2-1-3-5-11/h6-7,11H,1-5,8-10H2,(H,16,17)(H2,15,18,19). The lowest BCUT2D eigenvalue weighted by atomic mass is 9.87. The van der Waals surface area contributed by atoms with Crippen molar-refractivity contribution >= 4 is 27.3 Å². The summed E-state index contributed by atoms with van der Waals surface area (Å²) in [4.78, 5) is 12.5. The molecule has 0 radical (unpaired) electrons. The van der Waals surface area contributed by atoms with Gasteiger partial charge in [0, 0.05) is 11.4 Å². The summed E-state index contributed by atoms with van der Waals surface area (Å²) in [6.45, 7) is 0.705. The molecule has 0 atom stereocenters. The number of carbonyl (C=O) groups is 1. The Morgan fingerprint density at radius 2 is 2.00 bits per heavy atom. The van der Waals surface area contributed by atoms with Gasteiger partial charge in [0.25, 0.3) is 0 Å². The van der Waals surface area contributed by atoms with Gasteiger partial charge >= 0.3 is 0 Å². The molecule has 1 saturated carbocycles. The summed E-state index contributed by atoms with van der Waals surface area (Å²) < 4.78 is 22.4. The third kappa shape index (κ3) is 5.41. The van der Waals surface area contributed by atoms with E-state index >= 15 is 0 Å². The summed E-state index contributed by atoms with van der Waals surface area (Å²) in [5, 5.41) is 7.96. The molecule has 0 unspecified atom stereocenters. The van der Waals surface area contributed by atoms with E-state index in [2.05, 4.69) is 5.32 Å². The number of amides is 1. The minimum Gasteiger partial charge on any atom is -0.356 e. The maximum Gasteiger partial charge on any atom is 0.247 e. The van der Waals surface area contributed by atoms with Crippen LogP contribution in [0.25, 0.3) is 0 Å². The predicted octanol–water partition coefficient (Wildman–Crippen LogP) is 2.02. The molecule has 1 heterocycles. The van der Waals surface area contributed by atoms with E-state index in [1.165, 1.54) is 38.2 Å². The second-order valence-corrected chi connectivity index (χ2v) is 8.54. The lowest BCUT2D eigenvalue weighted by Gasteiger charge is -2.21.